The number of aromatic carboxylic acids is 1. The predicted molar refractivity (Wildman–Crippen MR) is 130 cm³/mol. The summed E-state index contributed by atoms with van der Waals surface area (Å²) in [5.74, 6) is -1.81. The lowest BCUT2D eigenvalue weighted by Crippen LogP contribution is -2.42. The number of esters is 1. The average molecular weight is 520 g/mol. The maximum Gasteiger partial charge on any atom is 0.335 e. The largest absolute Gasteiger partial charge is 0.490 e. The second kappa shape index (κ2) is 11.3. The van der Waals surface area contributed by atoms with Gasteiger partial charge >= 0.3 is 11.9 Å². The molecule has 11 heteroatoms. The van der Waals surface area contributed by atoms with E-state index in [0.29, 0.717) is 35.2 Å². The second-order valence-electron chi connectivity index (χ2n) is 7.31. The molecule has 0 spiro atoms. The molecule has 0 unspecified atom stereocenters. The third kappa shape index (κ3) is 5.95. The van der Waals surface area contributed by atoms with Crippen molar-refractivity contribution in [2.45, 2.75) is 26.5 Å². The molecule has 1 aliphatic heterocycles. The van der Waals surface area contributed by atoms with Crippen molar-refractivity contribution in [3.8, 4) is 11.5 Å². The number of carboxylic acids is 1. The van der Waals surface area contributed by atoms with Crippen molar-refractivity contribution in [2.75, 3.05) is 13.7 Å². The number of rotatable bonds is 9. The van der Waals surface area contributed by atoms with E-state index in [0.717, 1.165) is 4.90 Å². The van der Waals surface area contributed by atoms with Crippen molar-refractivity contribution in [2.24, 2.45) is 0 Å². The number of ether oxygens (including phenoxy) is 3. The first-order valence-electron chi connectivity index (χ1n) is 10.4. The SMILES string of the molecule is CCOc1cc(/C=C2/SC(=O)N([C@@H](C)C(=O)OC)C2=O)cc(Cl)c1OCc1cccc(C(=O)O)c1. The van der Waals surface area contributed by atoms with Crippen LogP contribution in [0.5, 0.6) is 11.5 Å². The van der Waals surface area contributed by atoms with Crippen LogP contribution < -0.4 is 9.47 Å². The first kappa shape index (κ1) is 26.1. The Morgan fingerprint density at radius 2 is 1.94 bits per heavy atom. The maximum atomic E-state index is 12.8. The monoisotopic (exact) mass is 519 g/mol. The molecule has 1 atom stereocenters. The zero-order valence-electron chi connectivity index (χ0n) is 19.1. The first-order valence-corrected chi connectivity index (χ1v) is 11.6. The third-order valence-electron chi connectivity index (χ3n) is 4.94. The highest BCUT2D eigenvalue weighted by atomic mass is 35.5. The molecule has 1 fully saturated rings. The van der Waals surface area contributed by atoms with Gasteiger partial charge in [-0.05, 0) is 67.1 Å². The minimum atomic E-state index is -1.06. The third-order valence-corrected chi connectivity index (χ3v) is 6.10. The van der Waals surface area contributed by atoms with E-state index in [1.807, 2.05) is 0 Å². The van der Waals surface area contributed by atoms with E-state index in [1.165, 1.54) is 32.2 Å². The predicted octanol–water partition coefficient (Wildman–Crippen LogP) is 4.61. The van der Waals surface area contributed by atoms with Crippen LogP contribution in [0.15, 0.2) is 41.3 Å². The van der Waals surface area contributed by atoms with Crippen LogP contribution in [-0.2, 0) is 20.9 Å². The van der Waals surface area contributed by atoms with E-state index < -0.39 is 29.1 Å². The molecular weight excluding hydrogens is 498 g/mol. The summed E-state index contributed by atoms with van der Waals surface area (Å²) in [4.78, 5) is 49.0. The Bertz CT molecular complexity index is 1210. The van der Waals surface area contributed by atoms with Crippen LogP contribution >= 0.6 is 23.4 Å². The number of imide groups is 1. The summed E-state index contributed by atoms with van der Waals surface area (Å²) in [6.45, 7) is 3.54. The van der Waals surface area contributed by atoms with Crippen LogP contribution in [0.25, 0.3) is 6.08 Å². The van der Waals surface area contributed by atoms with Crippen molar-refractivity contribution in [3.63, 3.8) is 0 Å². The van der Waals surface area contributed by atoms with Gasteiger partial charge in [0, 0.05) is 0 Å². The Balaban J connectivity index is 1.86. The van der Waals surface area contributed by atoms with E-state index in [-0.39, 0.29) is 27.8 Å². The van der Waals surface area contributed by atoms with Gasteiger partial charge in [0.25, 0.3) is 11.1 Å². The molecule has 9 nitrogen and oxygen atoms in total. The van der Waals surface area contributed by atoms with Gasteiger partial charge in [-0.1, -0.05) is 23.7 Å². The van der Waals surface area contributed by atoms with Gasteiger partial charge in [0.2, 0.25) is 0 Å². The number of benzene rings is 2. The van der Waals surface area contributed by atoms with Crippen molar-refractivity contribution in [1.29, 1.82) is 0 Å². The number of carboxylic acid groups (broad SMARTS) is 1. The molecule has 1 N–H and O–H groups in total. The highest BCUT2D eigenvalue weighted by molar-refractivity contribution is 8.18. The first-order chi connectivity index (χ1) is 16.7. The van der Waals surface area contributed by atoms with Gasteiger partial charge in [-0.15, -0.1) is 0 Å². The molecule has 2 aromatic rings. The lowest BCUT2D eigenvalue weighted by Gasteiger charge is -2.18. The normalized spacial score (nSPS) is 15.3. The van der Waals surface area contributed by atoms with Crippen LogP contribution in [0.4, 0.5) is 4.79 Å². The quantitative estimate of drug-likeness (QED) is 0.374. The van der Waals surface area contributed by atoms with E-state index in [4.69, 9.17) is 26.2 Å². The number of carbonyl (C=O) groups is 4. The molecule has 2 amide bonds. The average Bonchev–Trinajstić information content (AvgIpc) is 3.10. The smallest absolute Gasteiger partial charge is 0.335 e. The maximum absolute atomic E-state index is 12.8. The van der Waals surface area contributed by atoms with E-state index in [9.17, 15) is 19.2 Å². The van der Waals surface area contributed by atoms with Crippen molar-refractivity contribution in [3.05, 3.63) is 63.0 Å². The number of halogens is 1. The number of nitrogens with zero attached hydrogens (tertiary/aromatic N) is 1. The molecule has 1 aliphatic rings. The van der Waals surface area contributed by atoms with Gasteiger partial charge in [-0.3, -0.25) is 14.5 Å². The molecule has 0 radical (unpaired) electrons. The van der Waals surface area contributed by atoms with Crippen LogP contribution in [0.2, 0.25) is 5.02 Å². The molecule has 2 aromatic carbocycles. The molecule has 35 heavy (non-hydrogen) atoms. The van der Waals surface area contributed by atoms with Gasteiger partial charge in [0.15, 0.2) is 11.5 Å². The molecule has 184 valence electrons. The summed E-state index contributed by atoms with van der Waals surface area (Å²) in [5.41, 5.74) is 1.24. The van der Waals surface area contributed by atoms with Gasteiger partial charge in [0.05, 0.1) is 29.2 Å². The van der Waals surface area contributed by atoms with E-state index in [2.05, 4.69) is 4.74 Å². The highest BCUT2D eigenvalue weighted by Crippen LogP contribution is 2.40. The fourth-order valence-electron chi connectivity index (χ4n) is 3.26. The number of carbonyl (C=O) groups excluding carboxylic acids is 3. The Morgan fingerprint density at radius 3 is 2.60 bits per heavy atom. The van der Waals surface area contributed by atoms with Gasteiger partial charge in [-0.25, -0.2) is 9.59 Å². The van der Waals surface area contributed by atoms with Crippen LogP contribution in [0, 0.1) is 0 Å². The van der Waals surface area contributed by atoms with Crippen molar-refractivity contribution < 1.29 is 38.5 Å². The Morgan fingerprint density at radius 1 is 1.20 bits per heavy atom. The summed E-state index contributed by atoms with van der Waals surface area (Å²) in [5, 5.41) is 8.77. The summed E-state index contributed by atoms with van der Waals surface area (Å²) in [6, 6.07) is 8.41. The van der Waals surface area contributed by atoms with E-state index in [1.54, 1.807) is 31.2 Å². The van der Waals surface area contributed by atoms with E-state index >= 15 is 0 Å². The summed E-state index contributed by atoms with van der Waals surface area (Å²) in [6.07, 6.45) is 1.48. The molecule has 0 aliphatic carbocycles. The fraction of sp³-hybridized carbons (Fsp3) is 0.250. The minimum absolute atomic E-state index is 0.0462. The second-order valence-corrected chi connectivity index (χ2v) is 8.71. The summed E-state index contributed by atoms with van der Waals surface area (Å²) >= 11 is 7.15. The molecule has 0 bridgehead atoms. The van der Waals surface area contributed by atoms with Gasteiger partial charge in [0.1, 0.15) is 12.6 Å². The summed E-state index contributed by atoms with van der Waals surface area (Å²) in [7, 11) is 1.18. The van der Waals surface area contributed by atoms with Gasteiger partial charge in [-0.2, -0.15) is 0 Å². The fourth-order valence-corrected chi connectivity index (χ4v) is 4.45. The molecule has 1 saturated heterocycles. The topological polar surface area (TPSA) is 119 Å². The van der Waals surface area contributed by atoms with Crippen LogP contribution in [0.1, 0.15) is 35.3 Å². The number of hydrogen-bond acceptors (Lipinski definition) is 8. The molecule has 3 rings (SSSR count). The number of amides is 2. The van der Waals surface area contributed by atoms with Crippen LogP contribution in [0.3, 0.4) is 0 Å². The number of hydrogen-bond donors (Lipinski definition) is 1. The molecular formula is C24H22ClNO8S. The Labute approximate surface area is 210 Å². The lowest BCUT2D eigenvalue weighted by molar-refractivity contribution is -0.148. The van der Waals surface area contributed by atoms with Crippen molar-refractivity contribution >= 4 is 52.5 Å². The molecule has 1 heterocycles. The van der Waals surface area contributed by atoms with Gasteiger partial charge < -0.3 is 19.3 Å². The Kier molecular flexibility index (Phi) is 8.42. The zero-order valence-corrected chi connectivity index (χ0v) is 20.6. The number of thioether (sulfide) groups is 1. The molecule has 0 saturated carbocycles. The number of methoxy groups -OCH3 is 1. The minimum Gasteiger partial charge on any atom is -0.490 e. The van der Waals surface area contributed by atoms with Crippen molar-refractivity contribution in [1.82, 2.24) is 4.90 Å². The zero-order chi connectivity index (χ0) is 25.7. The summed E-state index contributed by atoms with van der Waals surface area (Å²) < 4.78 is 16.1. The lowest BCUT2D eigenvalue weighted by atomic mass is 10.1. The molecule has 0 aromatic heterocycles. The van der Waals surface area contributed by atoms with Crippen LogP contribution in [-0.4, -0.2) is 52.8 Å². The highest BCUT2D eigenvalue weighted by Gasteiger charge is 2.41. The standard InChI is InChI=1S/C24H22ClNO8S/c1-4-33-18-10-15(11-19-21(27)26(24(31)35-19)13(2)23(30)32-3)9-17(25)20(18)34-12-14-6-5-7-16(8-14)22(28)29/h5-11,13H,4,12H2,1-3H3,(H,28,29)/b19-11+/t13-/m0/s1. The Hall–Kier alpha value is -3.50.